The van der Waals surface area contributed by atoms with Crippen LogP contribution >= 0.6 is 23.1 Å². The van der Waals surface area contributed by atoms with Gasteiger partial charge < -0.3 is 16.0 Å². The summed E-state index contributed by atoms with van der Waals surface area (Å²) < 4.78 is 0. The van der Waals surface area contributed by atoms with E-state index in [0.29, 0.717) is 16.5 Å². The van der Waals surface area contributed by atoms with Gasteiger partial charge in [-0.2, -0.15) is 0 Å². The average molecular weight is 301 g/mol. The Kier molecular flexibility index (Phi) is 6.00. The number of hydrogen-bond acceptors (Lipinski definition) is 5. The maximum atomic E-state index is 11.8. The molecule has 0 saturated carbocycles. The number of thioether (sulfide) groups is 1. The summed E-state index contributed by atoms with van der Waals surface area (Å²) in [6.45, 7) is 5.39. The second kappa shape index (κ2) is 7.05. The maximum absolute atomic E-state index is 11.8. The van der Waals surface area contributed by atoms with E-state index >= 15 is 0 Å². The average Bonchev–Trinajstić information content (AvgIpc) is 2.72. The van der Waals surface area contributed by atoms with Crippen LogP contribution in [0.5, 0.6) is 0 Å². The molecule has 1 heterocycles. The van der Waals surface area contributed by atoms with Crippen LogP contribution in [0.3, 0.4) is 0 Å². The molecule has 0 saturated heterocycles. The third-order valence-corrected chi connectivity index (χ3v) is 5.18. The van der Waals surface area contributed by atoms with Crippen molar-refractivity contribution in [3.05, 3.63) is 4.88 Å². The second-order valence-electron chi connectivity index (χ2n) is 4.87. The molecule has 19 heavy (non-hydrogen) atoms. The van der Waals surface area contributed by atoms with Gasteiger partial charge in [-0.05, 0) is 18.6 Å². The Morgan fingerprint density at radius 3 is 2.63 bits per heavy atom. The van der Waals surface area contributed by atoms with Crippen LogP contribution in [0.4, 0.5) is 10.7 Å². The largest absolute Gasteiger partial charge is 0.396 e. The lowest BCUT2D eigenvalue weighted by Gasteiger charge is -2.19. The van der Waals surface area contributed by atoms with Crippen molar-refractivity contribution in [1.29, 1.82) is 0 Å². The van der Waals surface area contributed by atoms with E-state index in [-0.39, 0.29) is 5.91 Å². The van der Waals surface area contributed by atoms with Crippen LogP contribution in [-0.4, -0.2) is 32.8 Å². The molecule has 0 fully saturated rings. The Bertz CT molecular complexity index is 443. The SMILES string of the molecule is CNC(=O)c1sc(N(C)CCC(C)C)c(SC)c1N. The number of nitrogens with one attached hydrogen (secondary N) is 1. The Labute approximate surface area is 123 Å². The van der Waals surface area contributed by atoms with Crippen LogP contribution in [0.2, 0.25) is 0 Å². The highest BCUT2D eigenvalue weighted by atomic mass is 32.2. The Balaban J connectivity index is 3.03. The lowest BCUT2D eigenvalue weighted by atomic mass is 10.1. The molecular formula is C13H23N3OS2. The van der Waals surface area contributed by atoms with Crippen molar-refractivity contribution >= 4 is 39.7 Å². The van der Waals surface area contributed by atoms with Crippen LogP contribution in [0.15, 0.2) is 4.90 Å². The highest BCUT2D eigenvalue weighted by Crippen LogP contribution is 2.43. The smallest absolute Gasteiger partial charge is 0.263 e. The zero-order valence-corrected chi connectivity index (χ0v) is 13.9. The molecule has 1 aromatic rings. The minimum atomic E-state index is -0.110. The van der Waals surface area contributed by atoms with Gasteiger partial charge in [-0.3, -0.25) is 4.79 Å². The summed E-state index contributed by atoms with van der Waals surface area (Å²) in [6.07, 6.45) is 3.11. The van der Waals surface area contributed by atoms with E-state index in [0.717, 1.165) is 22.9 Å². The molecule has 0 bridgehead atoms. The van der Waals surface area contributed by atoms with Crippen LogP contribution in [0.1, 0.15) is 29.9 Å². The number of amides is 1. The van der Waals surface area contributed by atoms with E-state index in [2.05, 4.69) is 31.1 Å². The van der Waals surface area contributed by atoms with Gasteiger partial charge in [0.1, 0.15) is 9.88 Å². The minimum Gasteiger partial charge on any atom is -0.396 e. The van der Waals surface area contributed by atoms with Gasteiger partial charge in [-0.25, -0.2) is 0 Å². The van der Waals surface area contributed by atoms with Crippen molar-refractivity contribution < 1.29 is 4.79 Å². The topological polar surface area (TPSA) is 58.4 Å². The van der Waals surface area contributed by atoms with Crippen molar-refractivity contribution in [3.8, 4) is 0 Å². The summed E-state index contributed by atoms with van der Waals surface area (Å²) in [5.41, 5.74) is 6.69. The fourth-order valence-electron chi connectivity index (χ4n) is 1.70. The standard InChI is InChI=1S/C13H23N3OS2/c1-8(2)6-7-16(4)13-11(18-5)9(14)10(19-13)12(17)15-3/h8H,6-7,14H2,1-5H3,(H,15,17). The summed E-state index contributed by atoms with van der Waals surface area (Å²) in [6, 6.07) is 0. The molecule has 0 aromatic carbocycles. The highest BCUT2D eigenvalue weighted by molar-refractivity contribution is 7.99. The second-order valence-corrected chi connectivity index (χ2v) is 6.68. The van der Waals surface area contributed by atoms with Gasteiger partial charge in [-0.1, -0.05) is 13.8 Å². The van der Waals surface area contributed by atoms with E-state index < -0.39 is 0 Å². The first-order valence-corrected chi connectivity index (χ1v) is 8.35. The number of hydrogen-bond donors (Lipinski definition) is 2. The maximum Gasteiger partial charge on any atom is 0.263 e. The Hall–Kier alpha value is -0.880. The number of anilines is 2. The van der Waals surface area contributed by atoms with Crippen LogP contribution in [0.25, 0.3) is 0 Å². The van der Waals surface area contributed by atoms with Crippen molar-refractivity contribution in [2.75, 3.05) is 37.5 Å². The minimum absolute atomic E-state index is 0.110. The number of nitrogen functional groups attached to an aromatic ring is 1. The number of rotatable bonds is 6. The summed E-state index contributed by atoms with van der Waals surface area (Å²) in [7, 11) is 3.68. The van der Waals surface area contributed by atoms with E-state index in [1.54, 1.807) is 18.8 Å². The number of carbonyl (C=O) groups is 1. The molecular weight excluding hydrogens is 278 g/mol. The zero-order valence-electron chi connectivity index (χ0n) is 12.2. The summed E-state index contributed by atoms with van der Waals surface area (Å²) >= 11 is 3.07. The van der Waals surface area contributed by atoms with E-state index in [1.165, 1.54) is 11.3 Å². The third kappa shape index (κ3) is 3.79. The predicted octanol–water partition coefficient (Wildman–Crippen LogP) is 2.89. The molecule has 4 nitrogen and oxygen atoms in total. The van der Waals surface area contributed by atoms with Gasteiger partial charge in [0.25, 0.3) is 5.91 Å². The first kappa shape index (κ1) is 16.2. The summed E-state index contributed by atoms with van der Waals surface area (Å²) in [5, 5.41) is 3.73. The normalized spacial score (nSPS) is 10.8. The molecule has 0 aliphatic rings. The van der Waals surface area contributed by atoms with E-state index in [9.17, 15) is 4.79 Å². The fourth-order valence-corrected chi connectivity index (χ4v) is 3.84. The molecule has 1 rings (SSSR count). The highest BCUT2D eigenvalue weighted by Gasteiger charge is 2.21. The van der Waals surface area contributed by atoms with Crippen molar-refractivity contribution in [3.63, 3.8) is 0 Å². The molecule has 6 heteroatoms. The quantitative estimate of drug-likeness (QED) is 0.793. The molecule has 0 radical (unpaired) electrons. The molecule has 0 aliphatic carbocycles. The molecule has 0 aliphatic heterocycles. The molecule has 0 unspecified atom stereocenters. The van der Waals surface area contributed by atoms with Crippen molar-refractivity contribution in [2.45, 2.75) is 25.2 Å². The Morgan fingerprint density at radius 1 is 1.53 bits per heavy atom. The van der Waals surface area contributed by atoms with Gasteiger partial charge >= 0.3 is 0 Å². The first-order chi connectivity index (χ1) is 8.92. The van der Waals surface area contributed by atoms with Crippen LogP contribution in [0, 0.1) is 5.92 Å². The first-order valence-electron chi connectivity index (χ1n) is 6.31. The lowest BCUT2D eigenvalue weighted by Crippen LogP contribution is -2.19. The van der Waals surface area contributed by atoms with Gasteiger partial charge in [0.15, 0.2) is 0 Å². The molecule has 0 atom stereocenters. The Morgan fingerprint density at radius 2 is 2.16 bits per heavy atom. The summed E-state index contributed by atoms with van der Waals surface area (Å²) in [4.78, 5) is 15.6. The predicted molar refractivity (Wildman–Crippen MR) is 86.6 cm³/mol. The zero-order chi connectivity index (χ0) is 14.6. The van der Waals surface area contributed by atoms with Crippen molar-refractivity contribution in [1.82, 2.24) is 5.32 Å². The van der Waals surface area contributed by atoms with Crippen molar-refractivity contribution in [2.24, 2.45) is 5.92 Å². The lowest BCUT2D eigenvalue weighted by molar-refractivity contribution is 0.0968. The van der Waals surface area contributed by atoms with Gasteiger partial charge in [0.2, 0.25) is 0 Å². The number of carbonyl (C=O) groups excluding carboxylic acids is 1. The molecule has 108 valence electrons. The fraction of sp³-hybridized carbons (Fsp3) is 0.615. The van der Waals surface area contributed by atoms with Crippen LogP contribution in [-0.2, 0) is 0 Å². The number of nitrogens with two attached hydrogens (primary N) is 1. The number of nitrogens with zero attached hydrogens (tertiary/aromatic N) is 1. The third-order valence-electron chi connectivity index (χ3n) is 2.91. The molecule has 0 spiro atoms. The molecule has 3 N–H and O–H groups in total. The summed E-state index contributed by atoms with van der Waals surface area (Å²) in [5.74, 6) is 0.553. The van der Waals surface area contributed by atoms with Gasteiger partial charge in [-0.15, -0.1) is 23.1 Å². The van der Waals surface area contributed by atoms with E-state index in [4.69, 9.17) is 5.73 Å². The van der Waals surface area contributed by atoms with Gasteiger partial charge in [0.05, 0.1) is 10.6 Å². The monoisotopic (exact) mass is 301 g/mol. The van der Waals surface area contributed by atoms with E-state index in [1.807, 2.05) is 6.26 Å². The number of thiophene rings is 1. The molecule has 1 amide bonds. The molecule has 1 aromatic heterocycles. The van der Waals surface area contributed by atoms with Gasteiger partial charge in [0, 0.05) is 20.6 Å². The van der Waals surface area contributed by atoms with Crippen LogP contribution < -0.4 is 16.0 Å².